The summed E-state index contributed by atoms with van der Waals surface area (Å²) in [6.45, 7) is 2.72. The molecule has 1 aliphatic carbocycles. The van der Waals surface area contributed by atoms with E-state index in [1.54, 1.807) is 28.9 Å². The number of rotatable bonds is 5. The van der Waals surface area contributed by atoms with E-state index in [1.807, 2.05) is 48.2 Å². The number of hydrogen-bond donors (Lipinski definition) is 0. The summed E-state index contributed by atoms with van der Waals surface area (Å²) < 4.78 is 29.7. The first-order valence-electron chi connectivity index (χ1n) is 11.5. The van der Waals surface area contributed by atoms with Crippen molar-refractivity contribution >= 4 is 16.3 Å². The first-order chi connectivity index (χ1) is 16.0. The van der Waals surface area contributed by atoms with Crippen LogP contribution in [0.15, 0.2) is 65.6 Å². The standard InChI is InChI=1S/C25H26N4O3S/c1-17-22-23(18-12-13-18)28(25(30)24(22)29(26-17)19-8-4-2-5-9-19)20-14-15-27(16-20)33(31,32)21-10-6-3-7-11-21/h2-11,18,20,23H,12-16H2,1H3. The van der Waals surface area contributed by atoms with Crippen LogP contribution in [0.3, 0.4) is 0 Å². The van der Waals surface area contributed by atoms with Gasteiger partial charge >= 0.3 is 0 Å². The minimum atomic E-state index is -3.58. The van der Waals surface area contributed by atoms with Gasteiger partial charge in [0.2, 0.25) is 0 Å². The second-order valence-electron chi connectivity index (χ2n) is 9.21. The summed E-state index contributed by atoms with van der Waals surface area (Å²) in [6, 6.07) is 18.1. The van der Waals surface area contributed by atoms with E-state index in [9.17, 15) is 13.6 Å². The molecule has 8 heteroatoms. The Labute approximate surface area is 194 Å². The number of benzene rings is 2. The highest BCUT2D eigenvalue weighted by Gasteiger charge is 2.53. The third kappa shape index (κ3) is 3.27. The van der Waals surface area contributed by atoms with Crippen LogP contribution in [0.1, 0.15) is 47.1 Å². The number of amides is 1. The largest absolute Gasteiger partial charge is 0.593 e. The lowest BCUT2D eigenvalue weighted by Crippen LogP contribution is -2.43. The molecule has 0 bridgehead atoms. The Balaban J connectivity index is 1.34. The second-order valence-corrected chi connectivity index (χ2v) is 11.1. The highest BCUT2D eigenvalue weighted by Crippen LogP contribution is 2.52. The van der Waals surface area contributed by atoms with Crippen LogP contribution in [0.25, 0.3) is 5.69 Å². The van der Waals surface area contributed by atoms with E-state index in [2.05, 4.69) is 0 Å². The number of nitrogens with zero attached hydrogens (tertiary/aromatic N) is 4. The normalized spacial score (nSPS) is 24.8. The molecule has 3 heterocycles. The Kier molecular flexibility index (Phi) is 4.79. The van der Waals surface area contributed by atoms with Gasteiger partial charge in [0.15, 0.2) is 15.3 Å². The zero-order chi connectivity index (χ0) is 22.7. The summed E-state index contributed by atoms with van der Waals surface area (Å²) in [5.41, 5.74) is 3.41. The maximum atomic E-state index is 13.9. The number of fused-ring (bicyclic) bond motifs is 1. The molecule has 3 unspecified atom stereocenters. The van der Waals surface area contributed by atoms with E-state index in [4.69, 9.17) is 5.10 Å². The van der Waals surface area contributed by atoms with Crippen molar-refractivity contribution in [1.29, 1.82) is 0 Å². The molecule has 2 fully saturated rings. The predicted octanol–water partition coefficient (Wildman–Crippen LogP) is 3.77. The molecule has 3 aromatic rings. The van der Waals surface area contributed by atoms with Gasteiger partial charge in [-0.3, -0.25) is 4.79 Å². The topological polar surface area (TPSA) is 81.5 Å². The van der Waals surface area contributed by atoms with Crippen LogP contribution in [0.4, 0.5) is 0 Å². The molecule has 33 heavy (non-hydrogen) atoms. The molecule has 0 radical (unpaired) electrons. The maximum absolute atomic E-state index is 13.9. The zero-order valence-electron chi connectivity index (χ0n) is 18.5. The van der Waals surface area contributed by atoms with Crippen molar-refractivity contribution in [2.45, 2.75) is 43.2 Å². The summed E-state index contributed by atoms with van der Waals surface area (Å²) in [5, 5.41) is 4.73. The van der Waals surface area contributed by atoms with Gasteiger partial charge < -0.3 is 9.45 Å². The Morgan fingerprint density at radius 3 is 2.33 bits per heavy atom. The van der Waals surface area contributed by atoms with Crippen LogP contribution in [0, 0.1) is 12.8 Å². The van der Waals surface area contributed by atoms with Gasteiger partial charge in [0, 0.05) is 12.1 Å². The van der Waals surface area contributed by atoms with Gasteiger partial charge in [0.1, 0.15) is 5.69 Å². The Morgan fingerprint density at radius 1 is 1.00 bits per heavy atom. The summed E-state index contributed by atoms with van der Waals surface area (Å²) in [6.07, 6.45) is 2.81. The van der Waals surface area contributed by atoms with Crippen molar-refractivity contribution in [3.8, 4) is 5.69 Å². The lowest BCUT2D eigenvalue weighted by molar-refractivity contribution is 0.0604. The molecular weight excluding hydrogens is 436 g/mol. The van der Waals surface area contributed by atoms with Crippen LogP contribution >= 0.6 is 0 Å². The summed E-state index contributed by atoms with van der Waals surface area (Å²) >= 11 is 0. The number of aryl methyl sites for hydroxylation is 1. The molecular formula is C25H26N4O3S. The third-order valence-electron chi connectivity index (χ3n) is 7.11. The van der Waals surface area contributed by atoms with Crippen LogP contribution in [-0.4, -0.2) is 48.6 Å². The van der Waals surface area contributed by atoms with E-state index in [1.165, 1.54) is 4.31 Å². The predicted molar refractivity (Wildman–Crippen MR) is 123 cm³/mol. The summed E-state index contributed by atoms with van der Waals surface area (Å²) in [5.74, 6) is 0.386. The van der Waals surface area contributed by atoms with Crippen molar-refractivity contribution < 1.29 is 13.6 Å². The highest BCUT2D eigenvalue weighted by molar-refractivity contribution is 7.95. The van der Waals surface area contributed by atoms with E-state index in [-0.39, 0.29) is 18.0 Å². The molecule has 2 aliphatic heterocycles. The van der Waals surface area contributed by atoms with E-state index < -0.39 is 10.4 Å². The van der Waals surface area contributed by atoms with Crippen LogP contribution < -0.4 is 0 Å². The van der Waals surface area contributed by atoms with Gasteiger partial charge in [0.05, 0.1) is 30.0 Å². The fourth-order valence-electron chi connectivity index (χ4n) is 5.41. The Morgan fingerprint density at radius 2 is 1.67 bits per heavy atom. The molecule has 170 valence electrons. The maximum Gasteiger partial charge on any atom is 0.273 e. The van der Waals surface area contributed by atoms with Gasteiger partial charge in [0.25, 0.3) is 5.91 Å². The molecule has 1 amide bonds. The minimum Gasteiger partial charge on any atom is -0.593 e. The molecule has 3 atom stereocenters. The van der Waals surface area contributed by atoms with Crippen molar-refractivity contribution in [1.82, 2.24) is 19.0 Å². The van der Waals surface area contributed by atoms with E-state index >= 15 is 0 Å². The number of carbonyl (C=O) groups excluding carboxylic acids is 1. The average molecular weight is 463 g/mol. The molecule has 2 aromatic carbocycles. The lowest BCUT2D eigenvalue weighted by atomic mass is 10.0. The first-order valence-corrected chi connectivity index (χ1v) is 12.9. The minimum absolute atomic E-state index is 0.0191. The molecule has 3 aliphatic rings. The van der Waals surface area contributed by atoms with Gasteiger partial charge in [-0.1, -0.05) is 40.6 Å². The molecule has 7 nitrogen and oxygen atoms in total. The average Bonchev–Trinajstić information content (AvgIpc) is 3.32. The molecule has 1 aromatic heterocycles. The van der Waals surface area contributed by atoms with Crippen LogP contribution in [0.2, 0.25) is 0 Å². The number of para-hydroxylation sites is 1. The molecule has 1 saturated carbocycles. The van der Waals surface area contributed by atoms with Gasteiger partial charge in [-0.25, -0.2) is 4.68 Å². The summed E-state index contributed by atoms with van der Waals surface area (Å²) in [4.78, 5) is 16.1. The molecule has 1 saturated heterocycles. The van der Waals surface area contributed by atoms with Crippen LogP contribution in [0.5, 0.6) is 0 Å². The Bertz CT molecular complexity index is 1260. The van der Waals surface area contributed by atoms with E-state index in [0.717, 1.165) is 29.8 Å². The Hall–Kier alpha value is -2.81. The third-order valence-corrected chi connectivity index (χ3v) is 8.99. The van der Waals surface area contributed by atoms with Crippen LogP contribution in [-0.2, 0) is 14.6 Å². The smallest absolute Gasteiger partial charge is 0.273 e. The molecule has 6 rings (SSSR count). The number of hydrogen-bond acceptors (Lipinski definition) is 4. The fraction of sp³-hybridized carbons (Fsp3) is 0.360. The monoisotopic (exact) mass is 462 g/mol. The number of sulfonamides is 1. The lowest BCUT2D eigenvalue weighted by Gasteiger charge is -2.32. The number of aromatic nitrogens is 2. The van der Waals surface area contributed by atoms with Gasteiger partial charge in [-0.2, -0.15) is 5.10 Å². The molecule has 0 N–H and O–H groups in total. The van der Waals surface area contributed by atoms with Gasteiger partial charge in [-0.15, -0.1) is 4.31 Å². The summed E-state index contributed by atoms with van der Waals surface area (Å²) in [7, 11) is -3.58. The zero-order valence-corrected chi connectivity index (χ0v) is 19.3. The van der Waals surface area contributed by atoms with Crippen molar-refractivity contribution in [2.75, 3.05) is 13.1 Å². The SMILES string of the molecule is Cc1nn(-c2ccccc2)c2c1C(C1CC1)N(C1CCN([S+](=O)([O-])c3ccccc3)C1)C2=O. The highest BCUT2D eigenvalue weighted by atomic mass is 32.3. The van der Waals surface area contributed by atoms with Crippen molar-refractivity contribution in [2.24, 2.45) is 5.92 Å². The van der Waals surface area contributed by atoms with Crippen molar-refractivity contribution in [3.63, 3.8) is 0 Å². The first kappa shape index (κ1) is 20.8. The number of carbonyl (C=O) groups is 1. The van der Waals surface area contributed by atoms with E-state index in [0.29, 0.717) is 36.0 Å². The second kappa shape index (κ2) is 7.62. The van der Waals surface area contributed by atoms with Gasteiger partial charge in [-0.05, 0) is 56.4 Å². The molecule has 0 spiro atoms. The van der Waals surface area contributed by atoms with Crippen molar-refractivity contribution in [3.05, 3.63) is 77.6 Å². The quantitative estimate of drug-likeness (QED) is 0.541. The fourth-order valence-corrected chi connectivity index (χ4v) is 6.92.